The molecule has 4 rings (SSSR count). The Balaban J connectivity index is 1.58. The Hall–Kier alpha value is -3.32. The van der Waals surface area contributed by atoms with E-state index in [2.05, 4.69) is 5.32 Å². The lowest BCUT2D eigenvalue weighted by Crippen LogP contribution is -2.23. The largest absolute Gasteiger partial charge is 0.490 e. The number of amides is 1. The van der Waals surface area contributed by atoms with E-state index >= 15 is 0 Å². The normalized spacial score (nSPS) is 15.9. The van der Waals surface area contributed by atoms with Crippen LogP contribution in [0.1, 0.15) is 28.9 Å². The molecule has 7 heteroatoms. The summed E-state index contributed by atoms with van der Waals surface area (Å²) in [6, 6.07) is 16.3. The Morgan fingerprint density at radius 3 is 2.63 bits per heavy atom. The molecule has 0 unspecified atom stereocenters. The number of hydrogen-bond donors (Lipinski definition) is 1. The van der Waals surface area contributed by atoms with Gasteiger partial charge in [-0.3, -0.25) is 14.3 Å². The summed E-state index contributed by atoms with van der Waals surface area (Å²) in [7, 11) is 1.79. The monoisotopic (exact) mass is 407 g/mol. The van der Waals surface area contributed by atoms with E-state index in [0.29, 0.717) is 23.6 Å². The average molecular weight is 407 g/mol. The zero-order valence-electron chi connectivity index (χ0n) is 17.1. The first-order valence-electron chi connectivity index (χ1n) is 10.0. The first-order valence-corrected chi connectivity index (χ1v) is 10.0. The number of para-hydroxylation sites is 2. The molecular formula is C23H25N3O4. The van der Waals surface area contributed by atoms with Crippen LogP contribution in [-0.2, 0) is 11.8 Å². The first-order chi connectivity index (χ1) is 14.6. The Labute approximate surface area is 174 Å². The molecule has 1 aromatic heterocycles. The minimum atomic E-state index is -0.385. The molecule has 0 saturated carbocycles. The first kappa shape index (κ1) is 20.0. The fourth-order valence-corrected chi connectivity index (χ4v) is 3.63. The van der Waals surface area contributed by atoms with Gasteiger partial charge in [0.05, 0.1) is 23.0 Å². The summed E-state index contributed by atoms with van der Waals surface area (Å²) in [5.74, 6) is 0.0893. The van der Waals surface area contributed by atoms with Gasteiger partial charge in [-0.2, -0.15) is 0 Å². The zero-order valence-corrected chi connectivity index (χ0v) is 17.1. The van der Waals surface area contributed by atoms with E-state index in [4.69, 9.17) is 9.47 Å². The number of rotatable bonds is 6. The lowest BCUT2D eigenvalue weighted by atomic mass is 10.2. The van der Waals surface area contributed by atoms with Crippen LogP contribution >= 0.6 is 0 Å². The van der Waals surface area contributed by atoms with Crippen LogP contribution in [0.25, 0.3) is 5.69 Å². The van der Waals surface area contributed by atoms with Crippen molar-refractivity contribution in [2.24, 2.45) is 7.05 Å². The van der Waals surface area contributed by atoms with Crippen molar-refractivity contribution in [3.63, 3.8) is 0 Å². The molecule has 1 aliphatic rings. The van der Waals surface area contributed by atoms with Gasteiger partial charge in [-0.05, 0) is 44.0 Å². The van der Waals surface area contributed by atoms with Crippen LogP contribution in [0.5, 0.6) is 5.75 Å². The summed E-state index contributed by atoms with van der Waals surface area (Å²) in [6.45, 7) is 2.95. The lowest BCUT2D eigenvalue weighted by molar-refractivity contribution is 0.0673. The maximum absolute atomic E-state index is 13.0. The minimum Gasteiger partial charge on any atom is -0.490 e. The Morgan fingerprint density at radius 1 is 1.17 bits per heavy atom. The van der Waals surface area contributed by atoms with Gasteiger partial charge in [0.25, 0.3) is 11.5 Å². The highest BCUT2D eigenvalue weighted by Crippen LogP contribution is 2.22. The van der Waals surface area contributed by atoms with Gasteiger partial charge in [0.2, 0.25) is 0 Å². The standard InChI is InChI=1S/C23H25N3O4/c1-16-21(23(28)26(25(16)2)17-9-4-3-5-10-17)24-22(27)19-12-6-7-13-20(19)30-15-18-11-8-14-29-18/h3-7,9-10,12-13,18H,8,11,14-15H2,1-2H3,(H,24,27)/t18-/m0/s1. The molecule has 3 aromatic rings. The van der Waals surface area contributed by atoms with Gasteiger partial charge in [0.15, 0.2) is 0 Å². The third-order valence-electron chi connectivity index (χ3n) is 5.37. The van der Waals surface area contributed by atoms with Crippen LogP contribution in [0.15, 0.2) is 59.4 Å². The molecule has 2 heterocycles. The molecule has 1 aliphatic heterocycles. The van der Waals surface area contributed by atoms with Gasteiger partial charge < -0.3 is 14.8 Å². The van der Waals surface area contributed by atoms with Crippen molar-refractivity contribution in [1.29, 1.82) is 0 Å². The van der Waals surface area contributed by atoms with Crippen LogP contribution in [-0.4, -0.2) is 34.6 Å². The predicted octanol–water partition coefficient (Wildman–Crippen LogP) is 3.29. The van der Waals surface area contributed by atoms with E-state index in [1.807, 2.05) is 36.4 Å². The third kappa shape index (κ3) is 3.89. The maximum Gasteiger partial charge on any atom is 0.295 e. The average Bonchev–Trinajstić information content (AvgIpc) is 3.36. The molecule has 0 bridgehead atoms. The number of nitrogens with one attached hydrogen (secondary N) is 1. The van der Waals surface area contributed by atoms with Gasteiger partial charge in [-0.15, -0.1) is 0 Å². The number of ether oxygens (including phenoxy) is 2. The van der Waals surface area contributed by atoms with E-state index < -0.39 is 0 Å². The molecule has 7 nitrogen and oxygen atoms in total. The number of hydrogen-bond acceptors (Lipinski definition) is 4. The Morgan fingerprint density at radius 2 is 1.90 bits per heavy atom. The molecule has 1 amide bonds. The number of carbonyl (C=O) groups is 1. The van der Waals surface area contributed by atoms with E-state index in [9.17, 15) is 9.59 Å². The summed E-state index contributed by atoms with van der Waals surface area (Å²) in [5, 5.41) is 2.79. The van der Waals surface area contributed by atoms with Gasteiger partial charge in [-0.25, -0.2) is 4.68 Å². The van der Waals surface area contributed by atoms with Crippen LogP contribution in [0.2, 0.25) is 0 Å². The SMILES string of the molecule is Cc1c(NC(=O)c2ccccc2OC[C@@H]2CCCO2)c(=O)n(-c2ccccc2)n1C. The number of benzene rings is 2. The second-order valence-electron chi connectivity index (χ2n) is 7.33. The topological polar surface area (TPSA) is 74.5 Å². The summed E-state index contributed by atoms with van der Waals surface area (Å²) in [4.78, 5) is 26.1. The molecule has 1 saturated heterocycles. The second kappa shape index (κ2) is 8.59. The van der Waals surface area contributed by atoms with Crippen LogP contribution in [0.3, 0.4) is 0 Å². The molecule has 2 aromatic carbocycles. The number of aromatic nitrogens is 2. The van der Waals surface area contributed by atoms with E-state index in [-0.39, 0.29) is 23.3 Å². The fourth-order valence-electron chi connectivity index (χ4n) is 3.63. The number of carbonyl (C=O) groups excluding carboxylic acids is 1. The van der Waals surface area contributed by atoms with E-state index in [0.717, 1.165) is 25.1 Å². The molecule has 1 atom stereocenters. The van der Waals surface area contributed by atoms with Crippen LogP contribution in [0, 0.1) is 6.92 Å². The van der Waals surface area contributed by atoms with Crippen molar-refractivity contribution < 1.29 is 14.3 Å². The molecule has 0 spiro atoms. The van der Waals surface area contributed by atoms with Crippen molar-refractivity contribution in [1.82, 2.24) is 9.36 Å². The molecular weight excluding hydrogens is 382 g/mol. The highest BCUT2D eigenvalue weighted by molar-refractivity contribution is 6.06. The number of nitrogens with zero attached hydrogens (tertiary/aromatic N) is 2. The van der Waals surface area contributed by atoms with Gasteiger partial charge in [0, 0.05) is 13.7 Å². The Kier molecular flexibility index (Phi) is 5.72. The molecule has 156 valence electrons. The van der Waals surface area contributed by atoms with Gasteiger partial charge >= 0.3 is 0 Å². The van der Waals surface area contributed by atoms with E-state index in [1.165, 1.54) is 4.68 Å². The van der Waals surface area contributed by atoms with Gasteiger partial charge in [0.1, 0.15) is 18.0 Å². The molecule has 1 fully saturated rings. The molecule has 0 radical (unpaired) electrons. The van der Waals surface area contributed by atoms with Crippen LogP contribution in [0.4, 0.5) is 5.69 Å². The highest BCUT2D eigenvalue weighted by atomic mass is 16.5. The quantitative estimate of drug-likeness (QED) is 0.680. The second-order valence-corrected chi connectivity index (χ2v) is 7.33. The minimum absolute atomic E-state index is 0.0514. The smallest absolute Gasteiger partial charge is 0.295 e. The lowest BCUT2D eigenvalue weighted by Gasteiger charge is -2.14. The molecule has 0 aliphatic carbocycles. The van der Waals surface area contributed by atoms with Crippen molar-refractivity contribution in [3.05, 3.63) is 76.2 Å². The van der Waals surface area contributed by atoms with Crippen molar-refractivity contribution in [3.8, 4) is 11.4 Å². The van der Waals surface area contributed by atoms with E-state index in [1.54, 1.807) is 36.9 Å². The highest BCUT2D eigenvalue weighted by Gasteiger charge is 2.22. The Bertz CT molecular complexity index is 1100. The third-order valence-corrected chi connectivity index (χ3v) is 5.37. The van der Waals surface area contributed by atoms with Crippen LogP contribution < -0.4 is 15.6 Å². The molecule has 30 heavy (non-hydrogen) atoms. The fraction of sp³-hybridized carbons (Fsp3) is 0.304. The van der Waals surface area contributed by atoms with Crippen molar-refractivity contribution in [2.75, 3.05) is 18.5 Å². The predicted molar refractivity (Wildman–Crippen MR) is 115 cm³/mol. The maximum atomic E-state index is 13.0. The summed E-state index contributed by atoms with van der Waals surface area (Å²) < 4.78 is 14.7. The van der Waals surface area contributed by atoms with Crippen molar-refractivity contribution >= 4 is 11.6 Å². The summed E-state index contributed by atoms with van der Waals surface area (Å²) >= 11 is 0. The number of anilines is 1. The molecule has 1 N–H and O–H groups in total. The van der Waals surface area contributed by atoms with Gasteiger partial charge in [-0.1, -0.05) is 30.3 Å². The zero-order chi connectivity index (χ0) is 21.1. The summed E-state index contributed by atoms with van der Waals surface area (Å²) in [6.07, 6.45) is 2.03. The van der Waals surface area contributed by atoms with Crippen molar-refractivity contribution in [2.45, 2.75) is 25.9 Å². The summed E-state index contributed by atoms with van der Waals surface area (Å²) in [5.41, 5.74) is 1.74.